The van der Waals surface area contributed by atoms with Crippen LogP contribution in [0.1, 0.15) is 446 Å². The zero-order valence-electron chi connectivity index (χ0n) is 67.6. The zero-order valence-corrected chi connectivity index (χ0v) is 69.4. The molecule has 0 bridgehead atoms. The number of hydrogen-bond donors (Lipinski definition) is 3. The van der Waals surface area contributed by atoms with Crippen molar-refractivity contribution in [3.8, 4) is 0 Å². The van der Waals surface area contributed by atoms with Gasteiger partial charge >= 0.3 is 39.5 Å². The van der Waals surface area contributed by atoms with Crippen LogP contribution in [0.4, 0.5) is 0 Å². The Bertz CT molecular complexity index is 1980. The fourth-order valence-electron chi connectivity index (χ4n) is 13.0. The molecule has 612 valence electrons. The van der Waals surface area contributed by atoms with E-state index >= 15 is 0 Å². The molecule has 0 spiro atoms. The minimum atomic E-state index is -4.96. The average molecular weight is 1510 g/mol. The summed E-state index contributed by atoms with van der Waals surface area (Å²) < 4.78 is 68.8. The summed E-state index contributed by atoms with van der Waals surface area (Å²) in [6.45, 7) is 9.70. The van der Waals surface area contributed by atoms with Crippen LogP contribution in [0, 0.1) is 11.8 Å². The SMILES string of the molecule is CCCCCCCCCCCCCCCCCCCCCCCC(=O)O[C@H](COC(=O)CCCCCCCCCCCCCCCC(C)C)COP(=O)(O)OC[C@@H](O)COP(=O)(O)OC[C@@H](COC(=O)CCCCCCCCCCCCCC)OC(=O)CCCCCCCCCCCCC(C)CC. The van der Waals surface area contributed by atoms with Crippen LogP contribution < -0.4 is 0 Å². The highest BCUT2D eigenvalue weighted by atomic mass is 31.2. The molecule has 0 aliphatic rings. The van der Waals surface area contributed by atoms with E-state index in [1.54, 1.807) is 0 Å². The van der Waals surface area contributed by atoms with Crippen LogP contribution in [0.25, 0.3) is 0 Å². The lowest BCUT2D eigenvalue weighted by Gasteiger charge is -2.21. The Morgan fingerprint density at radius 2 is 0.495 bits per heavy atom. The van der Waals surface area contributed by atoms with Gasteiger partial charge in [0.25, 0.3) is 0 Å². The van der Waals surface area contributed by atoms with Gasteiger partial charge in [-0.25, -0.2) is 9.13 Å². The van der Waals surface area contributed by atoms with Gasteiger partial charge in [0.15, 0.2) is 12.2 Å². The van der Waals surface area contributed by atoms with E-state index in [2.05, 4.69) is 41.5 Å². The minimum Gasteiger partial charge on any atom is -0.462 e. The molecule has 17 nitrogen and oxygen atoms in total. The van der Waals surface area contributed by atoms with Crippen molar-refractivity contribution in [3.05, 3.63) is 0 Å². The van der Waals surface area contributed by atoms with Crippen LogP contribution in [0.2, 0.25) is 0 Å². The molecule has 0 aromatic carbocycles. The second kappa shape index (κ2) is 75.5. The van der Waals surface area contributed by atoms with E-state index in [-0.39, 0.29) is 25.7 Å². The van der Waals surface area contributed by atoms with E-state index in [1.807, 2.05) is 0 Å². The van der Waals surface area contributed by atoms with E-state index < -0.39 is 97.5 Å². The van der Waals surface area contributed by atoms with E-state index in [0.29, 0.717) is 25.7 Å². The highest BCUT2D eigenvalue weighted by Crippen LogP contribution is 2.45. The van der Waals surface area contributed by atoms with Gasteiger partial charge in [-0.15, -0.1) is 0 Å². The molecule has 3 N–H and O–H groups in total. The number of esters is 4. The Labute approximate surface area is 632 Å². The normalized spacial score (nSPS) is 14.1. The number of carbonyl (C=O) groups excluding carboxylic acids is 4. The maximum absolute atomic E-state index is 13.1. The lowest BCUT2D eigenvalue weighted by molar-refractivity contribution is -0.161. The lowest BCUT2D eigenvalue weighted by Crippen LogP contribution is -2.30. The monoisotopic (exact) mass is 1510 g/mol. The standard InChI is InChI=1S/C84H164O17P2/c1-7-10-12-14-16-18-20-22-23-24-25-26-27-28-29-32-37-44-50-56-62-68-83(88)100-79(72-95-82(87)67-61-55-49-43-36-33-30-31-34-40-46-52-58-64-76(4)5)74-98-102(90,91)96-70-78(85)71-97-103(92,93)99-75-80(73-94-81(86)66-60-54-48-42-35-21-19-17-15-13-11-8-2)101-84(89)69-63-57-51-45-39-38-41-47-53-59-65-77(6)9-3/h76-80,85H,7-75H2,1-6H3,(H,90,91)(H,92,93)/t77?,78-,79-,80-/m1/s1. The number of hydrogen-bond acceptors (Lipinski definition) is 15. The Morgan fingerprint density at radius 3 is 0.738 bits per heavy atom. The highest BCUT2D eigenvalue weighted by molar-refractivity contribution is 7.47. The van der Waals surface area contributed by atoms with Crippen LogP contribution in [-0.2, 0) is 65.4 Å². The number of phosphoric ester groups is 2. The molecule has 0 amide bonds. The molecule has 0 rings (SSSR count). The van der Waals surface area contributed by atoms with Crippen LogP contribution in [0.15, 0.2) is 0 Å². The molecular weight excluding hydrogens is 1340 g/mol. The van der Waals surface area contributed by atoms with Crippen molar-refractivity contribution in [2.24, 2.45) is 11.8 Å². The Balaban J connectivity index is 5.25. The van der Waals surface area contributed by atoms with Crippen LogP contribution >= 0.6 is 15.6 Å². The highest BCUT2D eigenvalue weighted by Gasteiger charge is 2.30. The average Bonchev–Trinajstić information content (AvgIpc) is 0.910. The number of unbranched alkanes of at least 4 members (excludes halogenated alkanes) is 52. The van der Waals surface area contributed by atoms with Gasteiger partial charge in [-0.2, -0.15) is 0 Å². The molecular formula is C84H164O17P2. The fraction of sp³-hybridized carbons (Fsp3) is 0.952. The summed E-state index contributed by atoms with van der Waals surface area (Å²) in [6.07, 6.45) is 66.5. The van der Waals surface area contributed by atoms with Gasteiger partial charge in [0.1, 0.15) is 19.3 Å². The number of phosphoric acid groups is 2. The van der Waals surface area contributed by atoms with E-state index in [4.69, 9.17) is 37.0 Å². The molecule has 0 aromatic rings. The summed E-state index contributed by atoms with van der Waals surface area (Å²) in [4.78, 5) is 73.2. The van der Waals surface area contributed by atoms with Gasteiger partial charge in [-0.3, -0.25) is 37.3 Å². The summed E-state index contributed by atoms with van der Waals surface area (Å²) in [5, 5.41) is 10.7. The maximum atomic E-state index is 13.1. The van der Waals surface area contributed by atoms with Gasteiger partial charge in [0.2, 0.25) is 0 Å². The lowest BCUT2D eigenvalue weighted by atomic mass is 9.99. The summed E-state index contributed by atoms with van der Waals surface area (Å²) in [6, 6.07) is 0. The second-order valence-electron chi connectivity index (χ2n) is 30.9. The maximum Gasteiger partial charge on any atom is 0.472 e. The van der Waals surface area contributed by atoms with Gasteiger partial charge in [-0.1, -0.05) is 395 Å². The molecule has 0 aliphatic heterocycles. The smallest absolute Gasteiger partial charge is 0.462 e. The molecule has 0 aromatic heterocycles. The summed E-state index contributed by atoms with van der Waals surface area (Å²) in [5.74, 6) is -0.510. The number of aliphatic hydroxyl groups excluding tert-OH is 1. The third-order valence-corrected chi connectivity index (χ3v) is 22.0. The number of rotatable bonds is 83. The third-order valence-electron chi connectivity index (χ3n) is 20.1. The Hall–Kier alpha value is -1.94. The molecule has 3 unspecified atom stereocenters. The first-order chi connectivity index (χ1) is 49.9. The van der Waals surface area contributed by atoms with Crippen molar-refractivity contribution in [1.82, 2.24) is 0 Å². The van der Waals surface area contributed by atoms with Crippen LogP contribution in [-0.4, -0.2) is 96.7 Å². The predicted octanol–water partition coefficient (Wildman–Crippen LogP) is 25.5. The number of carbonyl (C=O) groups is 4. The minimum absolute atomic E-state index is 0.107. The van der Waals surface area contributed by atoms with E-state index in [0.717, 1.165) is 102 Å². The van der Waals surface area contributed by atoms with Crippen molar-refractivity contribution in [1.29, 1.82) is 0 Å². The third kappa shape index (κ3) is 76.6. The van der Waals surface area contributed by atoms with E-state index in [1.165, 1.54) is 263 Å². The molecule has 0 fully saturated rings. The number of ether oxygens (including phenoxy) is 4. The van der Waals surface area contributed by atoms with Gasteiger partial charge in [-0.05, 0) is 37.5 Å². The zero-order chi connectivity index (χ0) is 75.6. The first-order valence-corrected chi connectivity index (χ1v) is 46.5. The Kier molecular flexibility index (Phi) is 74.1. The first-order valence-electron chi connectivity index (χ1n) is 43.5. The molecule has 0 radical (unpaired) electrons. The van der Waals surface area contributed by atoms with Crippen LogP contribution in [0.3, 0.4) is 0 Å². The van der Waals surface area contributed by atoms with E-state index in [9.17, 15) is 43.2 Å². The van der Waals surface area contributed by atoms with Crippen molar-refractivity contribution in [2.75, 3.05) is 39.6 Å². The van der Waals surface area contributed by atoms with Gasteiger partial charge in [0, 0.05) is 25.7 Å². The molecule has 0 saturated carbocycles. The topological polar surface area (TPSA) is 237 Å². The number of aliphatic hydroxyl groups is 1. The van der Waals surface area contributed by atoms with Crippen molar-refractivity contribution in [2.45, 2.75) is 464 Å². The summed E-state index contributed by atoms with van der Waals surface area (Å²) in [7, 11) is -9.93. The molecule has 0 heterocycles. The first kappa shape index (κ1) is 101. The van der Waals surface area contributed by atoms with Crippen LogP contribution in [0.5, 0.6) is 0 Å². The molecule has 6 atom stereocenters. The fourth-order valence-corrected chi connectivity index (χ4v) is 14.6. The predicted molar refractivity (Wildman–Crippen MR) is 423 cm³/mol. The van der Waals surface area contributed by atoms with Crippen molar-refractivity contribution >= 4 is 39.5 Å². The van der Waals surface area contributed by atoms with Crippen molar-refractivity contribution in [3.63, 3.8) is 0 Å². The van der Waals surface area contributed by atoms with Crippen molar-refractivity contribution < 1.29 is 80.2 Å². The second-order valence-corrected chi connectivity index (χ2v) is 33.8. The van der Waals surface area contributed by atoms with Gasteiger partial charge in [0.05, 0.1) is 26.4 Å². The van der Waals surface area contributed by atoms with Gasteiger partial charge < -0.3 is 33.8 Å². The largest absolute Gasteiger partial charge is 0.472 e. The molecule has 19 heteroatoms. The molecule has 103 heavy (non-hydrogen) atoms. The summed E-state index contributed by atoms with van der Waals surface area (Å²) in [5.41, 5.74) is 0. The summed E-state index contributed by atoms with van der Waals surface area (Å²) >= 11 is 0. The molecule has 0 aliphatic carbocycles. The quantitative estimate of drug-likeness (QED) is 0.0222. The molecule has 0 saturated heterocycles. The Morgan fingerprint density at radius 1 is 0.282 bits per heavy atom.